The molecule has 0 bridgehead atoms. The second-order valence-electron chi connectivity index (χ2n) is 7.45. The summed E-state index contributed by atoms with van der Waals surface area (Å²) in [5.74, 6) is 2.54. The third-order valence-electron chi connectivity index (χ3n) is 4.77. The molecule has 0 spiro atoms. The normalized spacial score (nSPS) is 26.1. The largest absolute Gasteiger partial charge is 0.496 e. The molecule has 2 N–H and O–H groups in total. The lowest BCUT2D eigenvalue weighted by molar-refractivity contribution is 0.199. The van der Waals surface area contributed by atoms with Gasteiger partial charge in [-0.1, -0.05) is 44.4 Å². The smallest absolute Gasteiger partial charge is 0.122 e. The lowest BCUT2D eigenvalue weighted by atomic mass is 9.71. The molecule has 0 aromatic heterocycles. The van der Waals surface area contributed by atoms with Crippen LogP contribution < -0.4 is 10.5 Å². The summed E-state index contributed by atoms with van der Waals surface area (Å²) >= 11 is 0. The van der Waals surface area contributed by atoms with Crippen molar-refractivity contribution in [2.45, 2.75) is 64.8 Å². The van der Waals surface area contributed by atoms with Crippen LogP contribution in [0.3, 0.4) is 0 Å². The molecule has 1 aromatic rings. The Bertz CT molecular complexity index is 469. The van der Waals surface area contributed by atoms with Crippen LogP contribution in [0.1, 0.15) is 57.1 Å². The minimum atomic E-state index is -0.0567. The predicted octanol–water partition coefficient (Wildman–Crippen LogP) is 4.48. The summed E-state index contributed by atoms with van der Waals surface area (Å²) in [6.45, 7) is 6.77. The van der Waals surface area contributed by atoms with Gasteiger partial charge in [0, 0.05) is 5.54 Å². The zero-order valence-corrected chi connectivity index (χ0v) is 14.1. The zero-order valence-electron chi connectivity index (χ0n) is 14.1. The van der Waals surface area contributed by atoms with Crippen molar-refractivity contribution >= 4 is 0 Å². The van der Waals surface area contributed by atoms with Crippen LogP contribution in [0.2, 0.25) is 0 Å². The van der Waals surface area contributed by atoms with Crippen LogP contribution in [0.15, 0.2) is 18.2 Å². The number of aryl methyl sites for hydroxylation is 1. The molecule has 0 aliphatic heterocycles. The number of benzene rings is 1. The van der Waals surface area contributed by atoms with Gasteiger partial charge in [-0.15, -0.1) is 0 Å². The highest BCUT2D eigenvalue weighted by molar-refractivity contribution is 5.38. The molecule has 0 amide bonds. The second-order valence-corrected chi connectivity index (χ2v) is 7.45. The van der Waals surface area contributed by atoms with Crippen molar-refractivity contribution in [1.29, 1.82) is 0 Å². The van der Waals surface area contributed by atoms with E-state index in [0.717, 1.165) is 36.8 Å². The van der Waals surface area contributed by atoms with Crippen molar-refractivity contribution in [3.8, 4) is 5.75 Å². The van der Waals surface area contributed by atoms with Gasteiger partial charge in [-0.3, -0.25) is 0 Å². The highest BCUT2D eigenvalue weighted by atomic mass is 16.5. The van der Waals surface area contributed by atoms with Gasteiger partial charge in [0.2, 0.25) is 0 Å². The Morgan fingerprint density at radius 2 is 2.14 bits per heavy atom. The Hall–Kier alpha value is -1.02. The Morgan fingerprint density at radius 1 is 1.38 bits per heavy atom. The van der Waals surface area contributed by atoms with Gasteiger partial charge >= 0.3 is 0 Å². The summed E-state index contributed by atoms with van der Waals surface area (Å²) in [6, 6.07) is 6.41. The Labute approximate surface area is 130 Å². The van der Waals surface area contributed by atoms with Crippen LogP contribution in [0.25, 0.3) is 0 Å². The summed E-state index contributed by atoms with van der Waals surface area (Å²) < 4.78 is 5.52. The topological polar surface area (TPSA) is 35.2 Å². The van der Waals surface area contributed by atoms with Crippen LogP contribution in [0.4, 0.5) is 0 Å². The van der Waals surface area contributed by atoms with E-state index in [2.05, 4.69) is 39.0 Å². The number of nitrogens with two attached hydrogens (primary N) is 1. The number of ether oxygens (including phenoxy) is 1. The molecule has 21 heavy (non-hydrogen) atoms. The maximum atomic E-state index is 6.78. The van der Waals surface area contributed by atoms with Gasteiger partial charge < -0.3 is 10.5 Å². The molecule has 0 saturated heterocycles. The predicted molar refractivity (Wildman–Crippen MR) is 89.8 cm³/mol. The van der Waals surface area contributed by atoms with Crippen molar-refractivity contribution in [3.05, 3.63) is 29.3 Å². The Balaban J connectivity index is 2.11. The van der Waals surface area contributed by atoms with Crippen LogP contribution in [-0.4, -0.2) is 12.6 Å². The molecule has 1 fully saturated rings. The van der Waals surface area contributed by atoms with E-state index in [1.54, 1.807) is 7.11 Å². The second kappa shape index (κ2) is 6.83. The van der Waals surface area contributed by atoms with Crippen LogP contribution in [0.5, 0.6) is 5.75 Å². The molecule has 1 aromatic carbocycles. The number of hydrogen-bond acceptors (Lipinski definition) is 2. The first-order chi connectivity index (χ1) is 9.92. The summed E-state index contributed by atoms with van der Waals surface area (Å²) in [6.07, 6.45) is 7.15. The third-order valence-corrected chi connectivity index (χ3v) is 4.77. The third kappa shape index (κ3) is 4.47. The van der Waals surface area contributed by atoms with Gasteiger partial charge in [-0.25, -0.2) is 0 Å². The van der Waals surface area contributed by atoms with Crippen molar-refractivity contribution in [2.24, 2.45) is 17.6 Å². The minimum absolute atomic E-state index is 0.0567. The zero-order chi connectivity index (χ0) is 15.5. The molecular weight excluding hydrogens is 258 g/mol. The maximum Gasteiger partial charge on any atom is 0.122 e. The summed E-state index contributed by atoms with van der Waals surface area (Å²) in [5, 5.41) is 0. The molecule has 1 aliphatic rings. The average molecular weight is 289 g/mol. The van der Waals surface area contributed by atoms with E-state index in [4.69, 9.17) is 10.5 Å². The van der Waals surface area contributed by atoms with Gasteiger partial charge in [0.15, 0.2) is 0 Å². The minimum Gasteiger partial charge on any atom is -0.496 e. The molecule has 0 radical (unpaired) electrons. The molecule has 2 nitrogen and oxygen atoms in total. The fraction of sp³-hybridized carbons (Fsp3) is 0.684. The highest BCUT2D eigenvalue weighted by Gasteiger charge is 2.33. The van der Waals surface area contributed by atoms with Crippen molar-refractivity contribution in [3.63, 3.8) is 0 Å². The van der Waals surface area contributed by atoms with Gasteiger partial charge in [0.25, 0.3) is 0 Å². The van der Waals surface area contributed by atoms with Crippen molar-refractivity contribution in [2.75, 3.05) is 7.11 Å². The SMILES string of the molecule is COc1ccc(C)cc1CC1(N)CCCC(CC(C)C)C1. The van der Waals surface area contributed by atoms with Crippen molar-refractivity contribution < 1.29 is 4.74 Å². The van der Waals surface area contributed by atoms with Crippen molar-refractivity contribution in [1.82, 2.24) is 0 Å². The Kier molecular flexibility index (Phi) is 5.32. The van der Waals surface area contributed by atoms with Crippen LogP contribution in [-0.2, 0) is 6.42 Å². The first-order valence-corrected chi connectivity index (χ1v) is 8.34. The molecule has 2 rings (SSSR count). The molecule has 2 unspecified atom stereocenters. The summed E-state index contributed by atoms with van der Waals surface area (Å²) in [7, 11) is 1.75. The molecule has 0 heterocycles. The monoisotopic (exact) mass is 289 g/mol. The van der Waals surface area contributed by atoms with Gasteiger partial charge in [0.05, 0.1) is 7.11 Å². The quantitative estimate of drug-likeness (QED) is 0.867. The highest BCUT2D eigenvalue weighted by Crippen LogP contribution is 2.37. The van der Waals surface area contributed by atoms with E-state index in [0.29, 0.717) is 0 Å². The van der Waals surface area contributed by atoms with E-state index < -0.39 is 0 Å². The molecule has 2 heteroatoms. The molecule has 1 aliphatic carbocycles. The van der Waals surface area contributed by atoms with E-state index in [-0.39, 0.29) is 5.54 Å². The molecule has 2 atom stereocenters. The summed E-state index contributed by atoms with van der Waals surface area (Å²) in [4.78, 5) is 0. The fourth-order valence-electron chi connectivity index (χ4n) is 3.98. The number of rotatable bonds is 5. The van der Waals surface area contributed by atoms with E-state index in [1.807, 2.05) is 0 Å². The lowest BCUT2D eigenvalue weighted by Crippen LogP contribution is -2.46. The standard InChI is InChI=1S/C19H31NO/c1-14(2)10-16-6-5-9-19(20,12-16)13-17-11-15(3)7-8-18(17)21-4/h7-8,11,14,16H,5-6,9-10,12-13,20H2,1-4H3. The van der Waals surface area contributed by atoms with E-state index in [1.165, 1.54) is 30.4 Å². The van der Waals surface area contributed by atoms with Gasteiger partial charge in [-0.2, -0.15) is 0 Å². The average Bonchev–Trinajstić information content (AvgIpc) is 2.37. The molecule has 1 saturated carbocycles. The van der Waals surface area contributed by atoms with E-state index in [9.17, 15) is 0 Å². The first-order valence-electron chi connectivity index (χ1n) is 8.34. The fourth-order valence-corrected chi connectivity index (χ4v) is 3.98. The molecule has 118 valence electrons. The number of hydrogen-bond donors (Lipinski definition) is 1. The maximum absolute atomic E-state index is 6.78. The Morgan fingerprint density at radius 3 is 2.81 bits per heavy atom. The summed E-state index contributed by atoms with van der Waals surface area (Å²) in [5.41, 5.74) is 9.27. The lowest BCUT2D eigenvalue weighted by Gasteiger charge is -2.39. The molecular formula is C19H31NO. The van der Waals surface area contributed by atoms with Crippen LogP contribution in [0, 0.1) is 18.8 Å². The van der Waals surface area contributed by atoms with Gasteiger partial charge in [0.1, 0.15) is 5.75 Å². The van der Waals surface area contributed by atoms with Crippen LogP contribution >= 0.6 is 0 Å². The van der Waals surface area contributed by atoms with Gasteiger partial charge in [-0.05, 0) is 56.1 Å². The first kappa shape index (κ1) is 16.4. The number of methoxy groups -OCH3 is 1. The van der Waals surface area contributed by atoms with E-state index >= 15 is 0 Å².